The average molecular weight is 207 g/mol. The molecule has 0 spiro atoms. The quantitative estimate of drug-likeness (QED) is 0.662. The highest BCUT2D eigenvalue weighted by molar-refractivity contribution is 5.90. The van der Waals surface area contributed by atoms with E-state index >= 15 is 0 Å². The minimum absolute atomic E-state index is 0.237. The van der Waals surface area contributed by atoms with Gasteiger partial charge in [0.05, 0.1) is 11.9 Å². The predicted octanol–water partition coefficient (Wildman–Crippen LogP) is 0.602. The minimum atomic E-state index is -0.813. The number of nitrogens with zero attached hydrogens (tertiary/aromatic N) is 2. The Balaban J connectivity index is 2.17. The Kier molecular flexibility index (Phi) is 2.77. The second kappa shape index (κ2) is 4.06. The van der Waals surface area contributed by atoms with Crippen LogP contribution in [0, 0.1) is 0 Å². The molecule has 2 aliphatic rings. The van der Waals surface area contributed by atoms with Gasteiger partial charge in [-0.1, -0.05) is 6.58 Å². The van der Waals surface area contributed by atoms with E-state index in [2.05, 4.69) is 16.5 Å². The van der Waals surface area contributed by atoms with Crippen LogP contribution in [-0.2, 0) is 0 Å². The summed E-state index contributed by atoms with van der Waals surface area (Å²) in [5.74, 6) is 0.237. The molecule has 2 heterocycles. The highest BCUT2D eigenvalue weighted by Gasteiger charge is 2.25. The third-order valence-corrected chi connectivity index (χ3v) is 2.97. The van der Waals surface area contributed by atoms with E-state index in [1.165, 1.54) is 19.3 Å². The number of hydrogen-bond acceptors (Lipinski definition) is 4. The van der Waals surface area contributed by atoms with Gasteiger partial charge in [-0.25, -0.2) is 4.99 Å². The number of aliphatic imine (C=N–C) groups is 1. The summed E-state index contributed by atoms with van der Waals surface area (Å²) < 4.78 is 0. The first-order valence-corrected chi connectivity index (χ1v) is 5.35. The lowest BCUT2D eigenvalue weighted by molar-refractivity contribution is 0.246. The molecule has 2 rings (SSSR count). The van der Waals surface area contributed by atoms with Crippen molar-refractivity contribution in [3.63, 3.8) is 0 Å². The van der Waals surface area contributed by atoms with Crippen molar-refractivity contribution >= 4 is 5.84 Å². The van der Waals surface area contributed by atoms with Gasteiger partial charge in [0.25, 0.3) is 0 Å². The number of nitrogens with two attached hydrogens (primary N) is 1. The van der Waals surface area contributed by atoms with Crippen molar-refractivity contribution in [2.45, 2.75) is 25.4 Å². The first kappa shape index (κ1) is 10.2. The molecular weight excluding hydrogens is 190 g/mol. The molecular formula is C11H17N3O. The molecule has 0 aromatic carbocycles. The zero-order valence-corrected chi connectivity index (χ0v) is 8.82. The van der Waals surface area contributed by atoms with Crippen molar-refractivity contribution in [1.29, 1.82) is 0 Å². The molecule has 0 aromatic heterocycles. The molecule has 3 N–H and O–H groups in total. The van der Waals surface area contributed by atoms with Crippen LogP contribution in [0.3, 0.4) is 0 Å². The number of amidine groups is 1. The summed E-state index contributed by atoms with van der Waals surface area (Å²) in [6, 6.07) is 0. The molecule has 1 fully saturated rings. The Bertz CT molecular complexity index is 327. The second-order valence-corrected chi connectivity index (χ2v) is 4.04. The van der Waals surface area contributed by atoms with Crippen molar-refractivity contribution < 1.29 is 5.11 Å². The van der Waals surface area contributed by atoms with E-state index in [9.17, 15) is 5.11 Å². The van der Waals surface area contributed by atoms with Crippen molar-refractivity contribution in [2.24, 2.45) is 10.7 Å². The maximum atomic E-state index is 9.72. The zero-order valence-electron chi connectivity index (χ0n) is 8.82. The Morgan fingerprint density at radius 2 is 2.07 bits per heavy atom. The number of rotatable bonds is 1. The number of hydrogen-bond donors (Lipinski definition) is 2. The molecule has 4 nitrogen and oxygen atoms in total. The van der Waals surface area contributed by atoms with Crippen LogP contribution in [0.4, 0.5) is 0 Å². The Labute approximate surface area is 89.8 Å². The van der Waals surface area contributed by atoms with Crippen molar-refractivity contribution in [3.05, 3.63) is 24.0 Å². The van der Waals surface area contributed by atoms with Gasteiger partial charge < -0.3 is 15.7 Å². The summed E-state index contributed by atoms with van der Waals surface area (Å²) in [6.45, 7) is 5.92. The maximum Gasteiger partial charge on any atom is 0.137 e. The lowest BCUT2D eigenvalue weighted by atomic mass is 10.0. The largest absolute Gasteiger partial charge is 0.385 e. The van der Waals surface area contributed by atoms with E-state index in [0.717, 1.165) is 18.8 Å². The van der Waals surface area contributed by atoms with Gasteiger partial charge in [-0.2, -0.15) is 0 Å². The van der Waals surface area contributed by atoms with Crippen LogP contribution in [0.1, 0.15) is 19.3 Å². The molecule has 0 amide bonds. The van der Waals surface area contributed by atoms with Gasteiger partial charge in [0.15, 0.2) is 0 Å². The molecule has 15 heavy (non-hydrogen) atoms. The topological polar surface area (TPSA) is 61.8 Å². The Morgan fingerprint density at radius 1 is 1.40 bits per heavy atom. The van der Waals surface area contributed by atoms with E-state index in [4.69, 9.17) is 5.73 Å². The summed E-state index contributed by atoms with van der Waals surface area (Å²) >= 11 is 0. The monoisotopic (exact) mass is 207 g/mol. The number of piperidine rings is 1. The molecule has 0 bridgehead atoms. The fraction of sp³-hybridized carbons (Fsp3) is 0.545. The normalized spacial score (nSPS) is 27.4. The van der Waals surface area contributed by atoms with Gasteiger partial charge in [0.1, 0.15) is 11.9 Å². The van der Waals surface area contributed by atoms with E-state index in [0.29, 0.717) is 5.57 Å². The standard InChI is InChI=1S/C11H17N3O/c1-8-9(7-13-11(12)10(8)15)14-5-3-2-4-6-14/h7,10,15H,1-6H2,(H2,12,13). The summed E-state index contributed by atoms with van der Waals surface area (Å²) in [4.78, 5) is 6.23. The second-order valence-electron chi connectivity index (χ2n) is 4.04. The van der Waals surface area contributed by atoms with Crippen LogP contribution >= 0.6 is 0 Å². The van der Waals surface area contributed by atoms with Gasteiger partial charge in [-0.3, -0.25) is 0 Å². The molecule has 1 atom stereocenters. The zero-order chi connectivity index (χ0) is 10.8. The molecule has 1 unspecified atom stereocenters. The smallest absolute Gasteiger partial charge is 0.137 e. The predicted molar refractivity (Wildman–Crippen MR) is 60.3 cm³/mol. The Hall–Kier alpha value is -1.29. The third-order valence-electron chi connectivity index (χ3n) is 2.97. The first-order valence-electron chi connectivity index (χ1n) is 5.35. The number of aliphatic hydroxyl groups excluding tert-OH is 1. The van der Waals surface area contributed by atoms with Crippen LogP contribution in [-0.4, -0.2) is 35.0 Å². The van der Waals surface area contributed by atoms with Crippen molar-refractivity contribution in [2.75, 3.05) is 13.1 Å². The fourth-order valence-electron chi connectivity index (χ4n) is 2.03. The summed E-state index contributed by atoms with van der Waals surface area (Å²) in [5, 5.41) is 9.72. The highest BCUT2D eigenvalue weighted by atomic mass is 16.3. The molecule has 2 aliphatic heterocycles. The van der Waals surface area contributed by atoms with Gasteiger partial charge in [-0.15, -0.1) is 0 Å². The van der Waals surface area contributed by atoms with Crippen LogP contribution < -0.4 is 5.73 Å². The van der Waals surface area contributed by atoms with Gasteiger partial charge in [0.2, 0.25) is 0 Å². The first-order chi connectivity index (χ1) is 7.20. The molecule has 0 aliphatic carbocycles. The summed E-state index contributed by atoms with van der Waals surface area (Å²) in [5.41, 5.74) is 7.15. The van der Waals surface area contributed by atoms with E-state index < -0.39 is 6.10 Å². The summed E-state index contributed by atoms with van der Waals surface area (Å²) in [7, 11) is 0. The van der Waals surface area contributed by atoms with Crippen LogP contribution in [0.15, 0.2) is 29.0 Å². The molecule has 0 saturated carbocycles. The maximum absolute atomic E-state index is 9.72. The average Bonchev–Trinajstić information content (AvgIpc) is 2.27. The summed E-state index contributed by atoms with van der Waals surface area (Å²) in [6.07, 6.45) is 4.58. The molecule has 82 valence electrons. The number of aliphatic hydroxyl groups is 1. The van der Waals surface area contributed by atoms with Crippen molar-refractivity contribution in [3.8, 4) is 0 Å². The third kappa shape index (κ3) is 1.90. The molecule has 1 saturated heterocycles. The van der Waals surface area contributed by atoms with Gasteiger partial charge in [0, 0.05) is 18.7 Å². The molecule has 0 aromatic rings. The lowest BCUT2D eigenvalue weighted by Crippen LogP contribution is -2.38. The lowest BCUT2D eigenvalue weighted by Gasteiger charge is -2.34. The van der Waals surface area contributed by atoms with Crippen LogP contribution in [0.5, 0.6) is 0 Å². The van der Waals surface area contributed by atoms with Gasteiger partial charge >= 0.3 is 0 Å². The minimum Gasteiger partial charge on any atom is -0.385 e. The Morgan fingerprint density at radius 3 is 2.73 bits per heavy atom. The number of likely N-dealkylation sites (tertiary alicyclic amines) is 1. The molecule has 0 radical (unpaired) electrons. The van der Waals surface area contributed by atoms with Crippen LogP contribution in [0.2, 0.25) is 0 Å². The van der Waals surface area contributed by atoms with Crippen molar-refractivity contribution in [1.82, 2.24) is 4.90 Å². The van der Waals surface area contributed by atoms with E-state index in [1.807, 2.05) is 0 Å². The molecule has 4 heteroatoms. The SMILES string of the molecule is C=C1C(N2CCCCC2)=CN=C(N)C1O. The van der Waals surface area contributed by atoms with Gasteiger partial charge in [-0.05, 0) is 19.3 Å². The van der Waals surface area contributed by atoms with E-state index in [1.54, 1.807) is 6.20 Å². The highest BCUT2D eigenvalue weighted by Crippen LogP contribution is 2.24. The van der Waals surface area contributed by atoms with E-state index in [-0.39, 0.29) is 5.84 Å². The fourth-order valence-corrected chi connectivity index (χ4v) is 2.03. The van der Waals surface area contributed by atoms with Crippen LogP contribution in [0.25, 0.3) is 0 Å².